The average Bonchev–Trinajstić information content (AvgIpc) is 2.87. The van der Waals surface area contributed by atoms with Crippen LogP contribution in [0.15, 0.2) is 24.4 Å². The van der Waals surface area contributed by atoms with Gasteiger partial charge in [-0.1, -0.05) is 11.6 Å². The van der Waals surface area contributed by atoms with E-state index in [2.05, 4.69) is 15.7 Å². The highest BCUT2D eigenvalue weighted by atomic mass is 35.5. The smallest absolute Gasteiger partial charge is 0.224 e. The van der Waals surface area contributed by atoms with Crippen LogP contribution in [0, 0.1) is 12.7 Å². The number of carbonyl (C=O) groups excluding carboxylic acids is 2. The molecule has 0 spiro atoms. The molecule has 1 atom stereocenters. The van der Waals surface area contributed by atoms with Crippen molar-refractivity contribution in [3.63, 3.8) is 0 Å². The van der Waals surface area contributed by atoms with Gasteiger partial charge in [-0.15, -0.1) is 0 Å². The molecule has 1 heterocycles. The Kier molecular flexibility index (Phi) is 6.14. The van der Waals surface area contributed by atoms with Crippen LogP contribution in [0.5, 0.6) is 0 Å². The van der Waals surface area contributed by atoms with Crippen LogP contribution in [-0.4, -0.2) is 21.6 Å². The third-order valence-corrected chi connectivity index (χ3v) is 3.97. The molecule has 134 valence electrons. The number of anilines is 1. The van der Waals surface area contributed by atoms with Crippen LogP contribution in [0.1, 0.15) is 37.1 Å². The van der Waals surface area contributed by atoms with Gasteiger partial charge in [0.05, 0.1) is 16.8 Å². The molecule has 0 aliphatic rings. The molecule has 1 aromatic carbocycles. The molecular formula is C17H20ClFN4O2. The molecule has 2 amide bonds. The highest BCUT2D eigenvalue weighted by Crippen LogP contribution is 2.19. The lowest BCUT2D eigenvalue weighted by molar-refractivity contribution is -0.124. The van der Waals surface area contributed by atoms with Crippen LogP contribution in [0.2, 0.25) is 5.02 Å². The van der Waals surface area contributed by atoms with Crippen LogP contribution in [-0.2, 0) is 16.6 Å². The van der Waals surface area contributed by atoms with E-state index in [9.17, 15) is 14.0 Å². The number of rotatable bonds is 6. The topological polar surface area (TPSA) is 76.0 Å². The maximum Gasteiger partial charge on any atom is 0.224 e. The second-order valence-electron chi connectivity index (χ2n) is 5.81. The molecule has 0 aliphatic carbocycles. The van der Waals surface area contributed by atoms with Gasteiger partial charge in [0.25, 0.3) is 0 Å². The molecule has 2 rings (SSSR count). The summed E-state index contributed by atoms with van der Waals surface area (Å²) in [5.74, 6) is -1.13. The van der Waals surface area contributed by atoms with E-state index in [0.717, 1.165) is 11.3 Å². The van der Waals surface area contributed by atoms with Gasteiger partial charge in [0.2, 0.25) is 11.8 Å². The lowest BCUT2D eigenvalue weighted by Gasteiger charge is -2.13. The average molecular weight is 367 g/mol. The van der Waals surface area contributed by atoms with Gasteiger partial charge in [0.1, 0.15) is 5.82 Å². The van der Waals surface area contributed by atoms with Gasteiger partial charge in [0.15, 0.2) is 0 Å². The van der Waals surface area contributed by atoms with Gasteiger partial charge in [-0.3, -0.25) is 14.3 Å². The van der Waals surface area contributed by atoms with Crippen LogP contribution in [0.25, 0.3) is 0 Å². The molecule has 6 nitrogen and oxygen atoms in total. The highest BCUT2D eigenvalue weighted by molar-refractivity contribution is 6.31. The summed E-state index contributed by atoms with van der Waals surface area (Å²) >= 11 is 5.66. The number of nitrogens with one attached hydrogen (secondary N) is 2. The predicted molar refractivity (Wildman–Crippen MR) is 93.8 cm³/mol. The summed E-state index contributed by atoms with van der Waals surface area (Å²) in [4.78, 5) is 23.9. The molecule has 0 saturated carbocycles. The van der Waals surface area contributed by atoms with Gasteiger partial charge in [0, 0.05) is 37.3 Å². The van der Waals surface area contributed by atoms with Gasteiger partial charge in [-0.25, -0.2) is 4.39 Å². The second kappa shape index (κ2) is 8.11. The normalized spacial score (nSPS) is 11.9. The maximum atomic E-state index is 13.1. The summed E-state index contributed by atoms with van der Waals surface area (Å²) in [5.41, 5.74) is 2.17. The van der Waals surface area contributed by atoms with E-state index < -0.39 is 5.82 Å². The largest absolute Gasteiger partial charge is 0.349 e. The zero-order valence-corrected chi connectivity index (χ0v) is 15.0. The minimum absolute atomic E-state index is 0.0135. The molecular weight excluding hydrogens is 347 g/mol. The van der Waals surface area contributed by atoms with Crippen molar-refractivity contribution in [1.82, 2.24) is 15.1 Å². The Bertz CT molecular complexity index is 791. The molecule has 0 bridgehead atoms. The summed E-state index contributed by atoms with van der Waals surface area (Å²) in [5, 5.41) is 9.59. The van der Waals surface area contributed by atoms with Crippen LogP contribution in [0.4, 0.5) is 10.1 Å². The molecule has 0 aliphatic heterocycles. The zero-order valence-electron chi connectivity index (χ0n) is 14.3. The number of benzene rings is 1. The van der Waals surface area contributed by atoms with Crippen molar-refractivity contribution in [2.75, 3.05) is 5.32 Å². The maximum absolute atomic E-state index is 13.1. The number of aryl methyl sites for hydroxylation is 2. The molecule has 25 heavy (non-hydrogen) atoms. The van der Waals surface area contributed by atoms with Crippen LogP contribution >= 0.6 is 11.6 Å². The monoisotopic (exact) mass is 366 g/mol. The Labute approximate surface area is 150 Å². The minimum atomic E-state index is -0.557. The van der Waals surface area contributed by atoms with E-state index in [1.165, 1.54) is 18.2 Å². The molecule has 1 aromatic heterocycles. The first-order valence-corrected chi connectivity index (χ1v) is 8.18. The van der Waals surface area contributed by atoms with Crippen molar-refractivity contribution in [3.8, 4) is 0 Å². The Morgan fingerprint density at radius 2 is 2.00 bits per heavy atom. The number of amides is 2. The summed E-state index contributed by atoms with van der Waals surface area (Å²) in [6.07, 6.45) is 1.91. The summed E-state index contributed by atoms with van der Waals surface area (Å²) < 4.78 is 14.8. The standard InChI is InChI=1S/C17H20ClFN4O2/c1-10(13-9-23(3)22-11(13)2)20-16(24)6-7-17(25)21-12-4-5-15(19)14(18)8-12/h4-5,8-10H,6-7H2,1-3H3,(H,20,24)(H,21,25). The van der Waals surface area contributed by atoms with Gasteiger partial charge < -0.3 is 10.6 Å². The molecule has 0 radical (unpaired) electrons. The van der Waals surface area contributed by atoms with E-state index in [1.54, 1.807) is 4.68 Å². The summed E-state index contributed by atoms with van der Waals surface area (Å²) in [6.45, 7) is 3.74. The Morgan fingerprint density at radius 3 is 2.60 bits per heavy atom. The van der Waals surface area contributed by atoms with Crippen molar-refractivity contribution in [3.05, 3.63) is 46.5 Å². The number of carbonyl (C=O) groups is 2. The first-order valence-electron chi connectivity index (χ1n) is 7.80. The molecule has 1 unspecified atom stereocenters. The fraction of sp³-hybridized carbons (Fsp3) is 0.353. The Morgan fingerprint density at radius 1 is 1.32 bits per heavy atom. The number of hydrogen-bond acceptors (Lipinski definition) is 3. The fourth-order valence-corrected chi connectivity index (χ4v) is 2.64. The molecule has 0 fully saturated rings. The van der Waals surface area contributed by atoms with Crippen LogP contribution < -0.4 is 10.6 Å². The Hall–Kier alpha value is -2.41. The van der Waals surface area contributed by atoms with Gasteiger partial charge in [-0.2, -0.15) is 5.10 Å². The number of aromatic nitrogens is 2. The van der Waals surface area contributed by atoms with Crippen LogP contribution in [0.3, 0.4) is 0 Å². The number of halogens is 2. The lowest BCUT2D eigenvalue weighted by atomic mass is 10.1. The first kappa shape index (κ1) is 18.9. The Balaban J connectivity index is 1.81. The van der Waals surface area contributed by atoms with E-state index >= 15 is 0 Å². The summed E-state index contributed by atoms with van der Waals surface area (Å²) in [7, 11) is 1.82. The van der Waals surface area contributed by atoms with E-state index in [1.807, 2.05) is 27.1 Å². The minimum Gasteiger partial charge on any atom is -0.349 e. The second-order valence-corrected chi connectivity index (χ2v) is 6.22. The van der Waals surface area contributed by atoms with Crippen molar-refractivity contribution in [2.24, 2.45) is 7.05 Å². The van der Waals surface area contributed by atoms with E-state index in [-0.39, 0.29) is 35.7 Å². The zero-order chi connectivity index (χ0) is 18.6. The van der Waals surface area contributed by atoms with E-state index in [0.29, 0.717) is 5.69 Å². The molecule has 0 saturated heterocycles. The molecule has 2 N–H and O–H groups in total. The highest BCUT2D eigenvalue weighted by Gasteiger charge is 2.15. The van der Waals surface area contributed by atoms with Crippen molar-refractivity contribution in [2.45, 2.75) is 32.7 Å². The molecule has 2 aromatic rings. The summed E-state index contributed by atoms with van der Waals surface area (Å²) in [6, 6.07) is 3.71. The number of hydrogen-bond donors (Lipinski definition) is 2. The number of nitrogens with zero attached hydrogens (tertiary/aromatic N) is 2. The quantitative estimate of drug-likeness (QED) is 0.824. The molecule has 8 heteroatoms. The van der Waals surface area contributed by atoms with Crippen molar-refractivity contribution >= 4 is 29.1 Å². The fourth-order valence-electron chi connectivity index (χ4n) is 2.46. The third-order valence-electron chi connectivity index (χ3n) is 3.68. The first-order chi connectivity index (χ1) is 11.8. The van der Waals surface area contributed by atoms with Gasteiger partial charge in [-0.05, 0) is 32.0 Å². The predicted octanol–water partition coefficient (Wildman–Crippen LogP) is 3.12. The lowest BCUT2D eigenvalue weighted by Crippen LogP contribution is -2.27. The van der Waals surface area contributed by atoms with Crippen molar-refractivity contribution in [1.29, 1.82) is 0 Å². The van der Waals surface area contributed by atoms with E-state index in [4.69, 9.17) is 11.6 Å². The SMILES string of the molecule is Cc1nn(C)cc1C(C)NC(=O)CCC(=O)Nc1ccc(F)c(Cl)c1. The van der Waals surface area contributed by atoms with Gasteiger partial charge >= 0.3 is 0 Å². The third kappa shape index (κ3) is 5.29. The van der Waals surface area contributed by atoms with Crippen molar-refractivity contribution < 1.29 is 14.0 Å².